The number of benzene rings is 2. The predicted molar refractivity (Wildman–Crippen MR) is 88.0 cm³/mol. The molecule has 23 heavy (non-hydrogen) atoms. The second-order valence-electron chi connectivity index (χ2n) is 5.32. The van der Waals surface area contributed by atoms with E-state index in [0.717, 1.165) is 11.0 Å². The van der Waals surface area contributed by atoms with Gasteiger partial charge in [0.25, 0.3) is 0 Å². The van der Waals surface area contributed by atoms with Gasteiger partial charge in [0, 0.05) is 5.69 Å². The summed E-state index contributed by atoms with van der Waals surface area (Å²) in [5.74, 6) is 1.17. The summed E-state index contributed by atoms with van der Waals surface area (Å²) >= 11 is 0. The lowest BCUT2D eigenvalue weighted by molar-refractivity contribution is 0.0915. The molecule has 0 spiro atoms. The molecule has 3 aromatic rings. The van der Waals surface area contributed by atoms with Gasteiger partial charge in [0.1, 0.15) is 30.9 Å². The van der Waals surface area contributed by atoms with Gasteiger partial charge in [-0.25, -0.2) is 4.98 Å². The first-order chi connectivity index (χ1) is 11.2. The maximum atomic E-state index is 10.2. The standard InChI is InChI=1S/C17H19N3O3/c18-12-5-7-14(8-6-12)23-11-13(22)9-20-16-4-2-1-3-15(16)19-17(20)10-21/h1-8,13,21-22H,9-11,18H2/t13-/m0/s1. The molecule has 0 saturated heterocycles. The molecule has 0 amide bonds. The average molecular weight is 313 g/mol. The van der Waals surface area contributed by atoms with Crippen molar-refractivity contribution in [1.29, 1.82) is 0 Å². The first-order valence-corrected chi connectivity index (χ1v) is 7.39. The van der Waals surface area contributed by atoms with Crippen molar-refractivity contribution in [2.24, 2.45) is 0 Å². The lowest BCUT2D eigenvalue weighted by Gasteiger charge is -2.15. The molecular formula is C17H19N3O3. The van der Waals surface area contributed by atoms with Gasteiger partial charge in [-0.15, -0.1) is 0 Å². The number of nitrogens with zero attached hydrogens (tertiary/aromatic N) is 2. The minimum atomic E-state index is -0.726. The van der Waals surface area contributed by atoms with Gasteiger partial charge in [-0.2, -0.15) is 0 Å². The minimum Gasteiger partial charge on any atom is -0.491 e. The van der Waals surface area contributed by atoms with E-state index < -0.39 is 6.10 Å². The number of hydrogen-bond acceptors (Lipinski definition) is 5. The van der Waals surface area contributed by atoms with Crippen LogP contribution in [0.5, 0.6) is 5.75 Å². The normalized spacial score (nSPS) is 12.4. The Morgan fingerprint density at radius 3 is 2.61 bits per heavy atom. The highest BCUT2D eigenvalue weighted by Crippen LogP contribution is 2.17. The van der Waals surface area contributed by atoms with Crippen LogP contribution in [0.2, 0.25) is 0 Å². The highest BCUT2D eigenvalue weighted by molar-refractivity contribution is 5.75. The molecule has 0 aliphatic rings. The number of nitrogen functional groups attached to an aromatic ring is 1. The third-order valence-electron chi connectivity index (χ3n) is 3.59. The zero-order chi connectivity index (χ0) is 16.2. The molecule has 0 aliphatic heterocycles. The fourth-order valence-electron chi connectivity index (χ4n) is 2.47. The van der Waals surface area contributed by atoms with E-state index in [1.54, 1.807) is 24.3 Å². The molecule has 1 atom stereocenters. The van der Waals surface area contributed by atoms with Gasteiger partial charge >= 0.3 is 0 Å². The maximum Gasteiger partial charge on any atom is 0.135 e. The summed E-state index contributed by atoms with van der Waals surface area (Å²) in [6.07, 6.45) is -0.726. The van der Waals surface area contributed by atoms with E-state index in [2.05, 4.69) is 4.98 Å². The Bertz CT molecular complexity index is 783. The Morgan fingerprint density at radius 1 is 1.13 bits per heavy atom. The van der Waals surface area contributed by atoms with Crippen LogP contribution in [0.3, 0.4) is 0 Å². The van der Waals surface area contributed by atoms with Crippen molar-refractivity contribution < 1.29 is 14.9 Å². The number of aromatic nitrogens is 2. The van der Waals surface area contributed by atoms with Crippen molar-refractivity contribution in [3.8, 4) is 5.75 Å². The Balaban J connectivity index is 1.70. The quantitative estimate of drug-likeness (QED) is 0.600. The largest absolute Gasteiger partial charge is 0.491 e. The third kappa shape index (κ3) is 3.44. The van der Waals surface area contributed by atoms with Gasteiger partial charge in [0.05, 0.1) is 17.6 Å². The number of nitrogens with two attached hydrogens (primary N) is 1. The molecule has 120 valence electrons. The average Bonchev–Trinajstić information content (AvgIpc) is 2.92. The topological polar surface area (TPSA) is 93.5 Å². The first-order valence-electron chi connectivity index (χ1n) is 7.39. The summed E-state index contributed by atoms with van der Waals surface area (Å²) in [6.45, 7) is 0.257. The molecule has 1 heterocycles. The summed E-state index contributed by atoms with van der Waals surface area (Å²) < 4.78 is 7.37. The zero-order valence-electron chi connectivity index (χ0n) is 12.6. The third-order valence-corrected chi connectivity index (χ3v) is 3.59. The number of para-hydroxylation sites is 2. The summed E-state index contributed by atoms with van der Waals surface area (Å²) in [7, 11) is 0. The van der Waals surface area contributed by atoms with Crippen LogP contribution in [0.4, 0.5) is 5.69 Å². The van der Waals surface area contributed by atoms with Gasteiger partial charge in [-0.05, 0) is 36.4 Å². The van der Waals surface area contributed by atoms with Crippen molar-refractivity contribution in [2.75, 3.05) is 12.3 Å². The van der Waals surface area contributed by atoms with Crippen LogP contribution in [0.15, 0.2) is 48.5 Å². The molecule has 0 unspecified atom stereocenters. The fourth-order valence-corrected chi connectivity index (χ4v) is 2.47. The van der Waals surface area contributed by atoms with Crippen LogP contribution >= 0.6 is 0 Å². The van der Waals surface area contributed by atoms with Gasteiger partial charge in [0.15, 0.2) is 0 Å². The van der Waals surface area contributed by atoms with Crippen molar-refractivity contribution in [2.45, 2.75) is 19.3 Å². The van der Waals surface area contributed by atoms with Crippen LogP contribution in [-0.2, 0) is 13.2 Å². The Kier molecular flexibility index (Phi) is 4.45. The van der Waals surface area contributed by atoms with E-state index in [1.165, 1.54) is 0 Å². The molecule has 2 aromatic carbocycles. The van der Waals surface area contributed by atoms with Crippen molar-refractivity contribution in [1.82, 2.24) is 9.55 Å². The summed E-state index contributed by atoms with van der Waals surface area (Å²) in [4.78, 5) is 4.36. The lowest BCUT2D eigenvalue weighted by Crippen LogP contribution is -2.24. The molecule has 3 rings (SSSR count). The molecule has 4 N–H and O–H groups in total. The number of aliphatic hydroxyl groups excluding tert-OH is 2. The van der Waals surface area contributed by atoms with Crippen molar-refractivity contribution >= 4 is 16.7 Å². The SMILES string of the molecule is Nc1ccc(OC[C@@H](O)Cn2c(CO)nc3ccccc32)cc1. The van der Waals surface area contributed by atoms with Crippen LogP contribution in [0.1, 0.15) is 5.82 Å². The number of ether oxygens (including phenoxy) is 1. The molecule has 0 saturated carbocycles. The second-order valence-corrected chi connectivity index (χ2v) is 5.32. The van der Waals surface area contributed by atoms with E-state index >= 15 is 0 Å². The first kappa shape index (κ1) is 15.3. The minimum absolute atomic E-state index is 0.140. The van der Waals surface area contributed by atoms with Gasteiger partial charge in [-0.3, -0.25) is 0 Å². The van der Waals surface area contributed by atoms with E-state index in [1.807, 2.05) is 28.8 Å². The van der Waals surface area contributed by atoms with E-state index in [-0.39, 0.29) is 13.2 Å². The molecule has 6 heteroatoms. The smallest absolute Gasteiger partial charge is 0.135 e. The lowest BCUT2D eigenvalue weighted by atomic mass is 10.3. The summed E-state index contributed by atoms with van der Waals surface area (Å²) in [5, 5.41) is 19.7. The van der Waals surface area contributed by atoms with Crippen LogP contribution in [0, 0.1) is 0 Å². The van der Waals surface area contributed by atoms with E-state index in [0.29, 0.717) is 23.8 Å². The number of aliphatic hydroxyl groups is 2. The molecule has 0 aliphatic carbocycles. The van der Waals surface area contributed by atoms with Gasteiger partial charge < -0.3 is 25.3 Å². The summed E-state index contributed by atoms with van der Waals surface area (Å²) in [6, 6.07) is 14.6. The molecule has 1 aromatic heterocycles. The highest BCUT2D eigenvalue weighted by atomic mass is 16.5. The molecule has 6 nitrogen and oxygen atoms in total. The molecule has 0 radical (unpaired) electrons. The monoisotopic (exact) mass is 313 g/mol. The highest BCUT2D eigenvalue weighted by Gasteiger charge is 2.14. The van der Waals surface area contributed by atoms with Gasteiger partial charge in [0.2, 0.25) is 0 Å². The Hall–Kier alpha value is -2.57. The second kappa shape index (κ2) is 6.68. The van der Waals surface area contributed by atoms with Crippen LogP contribution in [-0.4, -0.2) is 32.5 Å². The maximum absolute atomic E-state index is 10.2. The molecular weight excluding hydrogens is 294 g/mol. The Morgan fingerprint density at radius 2 is 1.87 bits per heavy atom. The number of hydrogen-bond donors (Lipinski definition) is 3. The number of rotatable bonds is 6. The fraction of sp³-hybridized carbons (Fsp3) is 0.235. The number of imidazole rings is 1. The molecule has 0 fully saturated rings. The number of anilines is 1. The van der Waals surface area contributed by atoms with Crippen molar-refractivity contribution in [3.05, 3.63) is 54.4 Å². The predicted octanol–water partition coefficient (Wildman–Crippen LogP) is 1.55. The van der Waals surface area contributed by atoms with Crippen molar-refractivity contribution in [3.63, 3.8) is 0 Å². The molecule has 0 bridgehead atoms. The summed E-state index contributed by atoms with van der Waals surface area (Å²) in [5.41, 5.74) is 7.95. The van der Waals surface area contributed by atoms with Crippen LogP contribution < -0.4 is 10.5 Å². The van der Waals surface area contributed by atoms with Gasteiger partial charge in [-0.1, -0.05) is 12.1 Å². The Labute approximate surface area is 133 Å². The van der Waals surface area contributed by atoms with Crippen LogP contribution in [0.25, 0.3) is 11.0 Å². The van der Waals surface area contributed by atoms with E-state index in [9.17, 15) is 10.2 Å². The number of fused-ring (bicyclic) bond motifs is 1. The van der Waals surface area contributed by atoms with E-state index in [4.69, 9.17) is 10.5 Å². The zero-order valence-corrected chi connectivity index (χ0v) is 12.6.